The zero-order valence-electron chi connectivity index (χ0n) is 6.91. The average Bonchev–Trinajstić information content (AvgIpc) is 2.03. The van der Waals surface area contributed by atoms with Crippen molar-refractivity contribution in [2.24, 2.45) is 5.14 Å². The normalized spacial score (nSPS) is 23.9. The first-order chi connectivity index (χ1) is 5.99. The van der Waals surface area contributed by atoms with Gasteiger partial charge in [0.1, 0.15) is 6.04 Å². The van der Waals surface area contributed by atoms with Crippen LogP contribution in [0.2, 0.25) is 0 Å². The van der Waals surface area contributed by atoms with Crippen LogP contribution < -0.4 is 20.5 Å². The molecule has 0 aromatic carbocycles. The molecule has 13 heavy (non-hydrogen) atoms. The Balaban J connectivity index is 2.47. The average molecular weight is 208 g/mol. The van der Waals surface area contributed by atoms with Gasteiger partial charge in [0.2, 0.25) is 0 Å². The van der Waals surface area contributed by atoms with Gasteiger partial charge in [-0.3, -0.25) is 4.79 Å². The molecule has 1 atom stereocenters. The summed E-state index contributed by atoms with van der Waals surface area (Å²) >= 11 is 0. The fourth-order valence-corrected chi connectivity index (χ4v) is 1.47. The minimum Gasteiger partial charge on any atom is -0.313 e. The molecular weight excluding hydrogens is 196 g/mol. The molecule has 1 heterocycles. The van der Waals surface area contributed by atoms with E-state index in [-0.39, 0.29) is 0 Å². The van der Waals surface area contributed by atoms with Gasteiger partial charge in [-0.2, -0.15) is 8.42 Å². The third-order valence-corrected chi connectivity index (χ3v) is 2.09. The van der Waals surface area contributed by atoms with Crippen molar-refractivity contribution in [3.63, 3.8) is 0 Å². The van der Waals surface area contributed by atoms with Crippen LogP contribution in [0.25, 0.3) is 0 Å². The first-order valence-electron chi connectivity index (χ1n) is 3.77. The van der Waals surface area contributed by atoms with Crippen LogP contribution in [-0.4, -0.2) is 40.0 Å². The maximum absolute atomic E-state index is 11.1. The minimum absolute atomic E-state index is 0.404. The summed E-state index contributed by atoms with van der Waals surface area (Å²) in [6, 6.07) is -0.535. The second kappa shape index (κ2) is 4.01. The molecule has 0 aromatic heterocycles. The fourth-order valence-electron chi connectivity index (χ4n) is 1.05. The molecule has 0 radical (unpaired) electrons. The maximum atomic E-state index is 11.1. The molecule has 1 saturated heterocycles. The Bertz CT molecular complexity index is 282. The van der Waals surface area contributed by atoms with Gasteiger partial charge in [0, 0.05) is 19.6 Å². The molecule has 1 amide bonds. The lowest BCUT2D eigenvalue weighted by molar-refractivity contribution is -0.121. The lowest BCUT2D eigenvalue weighted by atomic mass is 10.2. The smallest absolute Gasteiger partial charge is 0.298 e. The van der Waals surface area contributed by atoms with E-state index >= 15 is 0 Å². The van der Waals surface area contributed by atoms with Gasteiger partial charge in [0.05, 0.1) is 0 Å². The van der Waals surface area contributed by atoms with Crippen LogP contribution in [0.5, 0.6) is 0 Å². The van der Waals surface area contributed by atoms with Crippen molar-refractivity contribution in [2.75, 3.05) is 19.6 Å². The van der Waals surface area contributed by atoms with Crippen LogP contribution in [0.15, 0.2) is 0 Å². The Labute approximate surface area is 76.2 Å². The molecule has 5 N–H and O–H groups in total. The summed E-state index contributed by atoms with van der Waals surface area (Å²) in [5.41, 5.74) is 0. The van der Waals surface area contributed by atoms with Gasteiger partial charge in [-0.15, -0.1) is 0 Å². The van der Waals surface area contributed by atoms with Crippen LogP contribution in [0.4, 0.5) is 0 Å². The molecule has 7 nitrogen and oxygen atoms in total. The van der Waals surface area contributed by atoms with Gasteiger partial charge in [0.15, 0.2) is 0 Å². The second-order valence-corrected chi connectivity index (χ2v) is 4.02. The highest BCUT2D eigenvalue weighted by atomic mass is 32.2. The van der Waals surface area contributed by atoms with Gasteiger partial charge in [-0.05, 0) is 0 Å². The summed E-state index contributed by atoms with van der Waals surface area (Å²) in [5.74, 6) is -0.630. The van der Waals surface area contributed by atoms with Crippen molar-refractivity contribution >= 4 is 16.1 Å². The molecular formula is C5H12N4O3S. The molecule has 8 heteroatoms. The Morgan fingerprint density at radius 1 is 1.46 bits per heavy atom. The van der Waals surface area contributed by atoms with Crippen LogP contribution in [0, 0.1) is 0 Å². The molecule has 76 valence electrons. The Kier molecular flexibility index (Phi) is 3.20. The molecule has 0 bridgehead atoms. The quantitative estimate of drug-likeness (QED) is 0.383. The summed E-state index contributed by atoms with van der Waals surface area (Å²) in [6.07, 6.45) is 0. The third kappa shape index (κ3) is 3.68. The van der Waals surface area contributed by atoms with Crippen LogP contribution in [0.3, 0.4) is 0 Å². The number of piperazine rings is 1. The zero-order valence-corrected chi connectivity index (χ0v) is 7.73. The van der Waals surface area contributed by atoms with E-state index in [1.807, 2.05) is 0 Å². The highest BCUT2D eigenvalue weighted by Gasteiger charge is 2.22. The topological polar surface area (TPSA) is 113 Å². The van der Waals surface area contributed by atoms with E-state index in [1.54, 1.807) is 4.72 Å². The number of amides is 1. The van der Waals surface area contributed by atoms with E-state index in [2.05, 4.69) is 15.8 Å². The summed E-state index contributed by atoms with van der Waals surface area (Å²) in [6.45, 7) is 1.79. The summed E-state index contributed by atoms with van der Waals surface area (Å²) in [7, 11) is -3.94. The highest BCUT2D eigenvalue weighted by molar-refractivity contribution is 7.87. The molecule has 0 aliphatic carbocycles. The predicted octanol–water partition coefficient (Wildman–Crippen LogP) is -3.13. The molecule has 1 aliphatic heterocycles. The van der Waals surface area contributed by atoms with Gasteiger partial charge in [-0.1, -0.05) is 0 Å². The van der Waals surface area contributed by atoms with Crippen molar-refractivity contribution in [3.05, 3.63) is 0 Å². The lowest BCUT2D eigenvalue weighted by Gasteiger charge is -2.22. The summed E-state index contributed by atoms with van der Waals surface area (Å²) in [4.78, 5) is 11.1. The molecule has 1 unspecified atom stereocenters. The van der Waals surface area contributed by atoms with E-state index < -0.39 is 22.2 Å². The molecule has 0 spiro atoms. The first kappa shape index (κ1) is 10.4. The molecule has 1 rings (SSSR count). The second-order valence-electron chi connectivity index (χ2n) is 2.72. The maximum Gasteiger partial charge on any atom is 0.298 e. The Morgan fingerprint density at radius 3 is 2.62 bits per heavy atom. The van der Waals surface area contributed by atoms with Gasteiger partial charge < -0.3 is 10.6 Å². The number of hydrogen-bond donors (Lipinski definition) is 4. The van der Waals surface area contributed by atoms with Crippen LogP contribution in [-0.2, 0) is 15.0 Å². The van der Waals surface area contributed by atoms with Crippen LogP contribution in [0.1, 0.15) is 0 Å². The number of hydrogen-bond acceptors (Lipinski definition) is 5. The van der Waals surface area contributed by atoms with E-state index in [0.29, 0.717) is 13.1 Å². The van der Waals surface area contributed by atoms with E-state index in [4.69, 9.17) is 0 Å². The van der Waals surface area contributed by atoms with Crippen molar-refractivity contribution in [1.82, 2.24) is 15.4 Å². The van der Waals surface area contributed by atoms with E-state index in [0.717, 1.165) is 6.54 Å². The van der Waals surface area contributed by atoms with Gasteiger partial charge in [0.25, 0.3) is 16.1 Å². The first-order valence-corrected chi connectivity index (χ1v) is 5.32. The standard InChI is InChI=1S/C5H12N4O3S/c6-13(11,12)9-5(10)4-3-7-1-2-8-4/h4,7-8H,1-3H2,(H,9,10)(H2,6,11,12). The van der Waals surface area contributed by atoms with Crippen molar-refractivity contribution in [2.45, 2.75) is 6.04 Å². The van der Waals surface area contributed by atoms with E-state index in [9.17, 15) is 13.2 Å². The van der Waals surface area contributed by atoms with Crippen molar-refractivity contribution < 1.29 is 13.2 Å². The largest absolute Gasteiger partial charge is 0.313 e. The predicted molar refractivity (Wildman–Crippen MR) is 45.9 cm³/mol. The highest BCUT2D eigenvalue weighted by Crippen LogP contribution is 1.87. The molecule has 1 aliphatic rings. The summed E-state index contributed by atoms with van der Waals surface area (Å²) < 4.78 is 22.7. The Hall–Kier alpha value is -0.700. The minimum atomic E-state index is -3.94. The zero-order chi connectivity index (χ0) is 9.90. The Morgan fingerprint density at radius 2 is 2.15 bits per heavy atom. The van der Waals surface area contributed by atoms with E-state index in [1.165, 1.54) is 0 Å². The van der Waals surface area contributed by atoms with Gasteiger partial charge in [-0.25, -0.2) is 9.86 Å². The monoisotopic (exact) mass is 208 g/mol. The third-order valence-electron chi connectivity index (χ3n) is 1.60. The number of carbonyl (C=O) groups is 1. The fraction of sp³-hybridized carbons (Fsp3) is 0.800. The van der Waals surface area contributed by atoms with Crippen molar-refractivity contribution in [1.29, 1.82) is 0 Å². The summed E-state index contributed by atoms with van der Waals surface area (Å²) in [5, 5.41) is 10.4. The van der Waals surface area contributed by atoms with Crippen molar-refractivity contribution in [3.8, 4) is 0 Å². The lowest BCUT2D eigenvalue weighted by Crippen LogP contribution is -2.57. The van der Waals surface area contributed by atoms with Gasteiger partial charge >= 0.3 is 0 Å². The molecule has 1 fully saturated rings. The number of nitrogens with one attached hydrogen (secondary N) is 3. The number of carbonyl (C=O) groups excluding carboxylic acids is 1. The SMILES string of the molecule is NS(=O)(=O)NC(=O)C1CNCCN1. The molecule has 0 saturated carbocycles. The molecule has 0 aromatic rings. The van der Waals surface area contributed by atoms with Crippen LogP contribution >= 0.6 is 0 Å². The number of rotatable bonds is 2. The number of nitrogens with two attached hydrogens (primary N) is 1.